The van der Waals surface area contributed by atoms with E-state index in [1.165, 1.54) is 11.3 Å². The van der Waals surface area contributed by atoms with Crippen LogP contribution in [0.3, 0.4) is 0 Å². The van der Waals surface area contributed by atoms with Crippen LogP contribution in [-0.4, -0.2) is 60.3 Å². The van der Waals surface area contributed by atoms with Crippen molar-refractivity contribution in [1.29, 1.82) is 0 Å². The van der Waals surface area contributed by atoms with Crippen LogP contribution in [0.5, 0.6) is 0 Å². The lowest BCUT2D eigenvalue weighted by atomic mass is 10.0. The van der Waals surface area contributed by atoms with Gasteiger partial charge in [-0.05, 0) is 49.6 Å². The molecule has 2 N–H and O–H groups in total. The lowest BCUT2D eigenvalue weighted by Crippen LogP contribution is -2.39. The summed E-state index contributed by atoms with van der Waals surface area (Å²) < 4.78 is 5.46. The number of nitrogens with one attached hydrogen (secondary N) is 2. The van der Waals surface area contributed by atoms with E-state index in [2.05, 4.69) is 80.0 Å². The van der Waals surface area contributed by atoms with E-state index in [1.54, 1.807) is 0 Å². The molecule has 2 aliphatic heterocycles. The van der Waals surface area contributed by atoms with Crippen LogP contribution in [0.25, 0.3) is 0 Å². The number of hydrogen-bond acceptors (Lipinski definition) is 7. The summed E-state index contributed by atoms with van der Waals surface area (Å²) in [5.41, 5.74) is 4.66. The third kappa shape index (κ3) is 5.85. The van der Waals surface area contributed by atoms with E-state index < -0.39 is 0 Å². The van der Waals surface area contributed by atoms with Crippen molar-refractivity contribution >= 4 is 23.1 Å². The summed E-state index contributed by atoms with van der Waals surface area (Å²) in [6.45, 7) is 8.70. The molecule has 0 aliphatic carbocycles. The second-order valence-corrected chi connectivity index (χ2v) is 9.18. The summed E-state index contributed by atoms with van der Waals surface area (Å²) in [4.78, 5) is 14.2. The van der Waals surface area contributed by atoms with Gasteiger partial charge in [-0.1, -0.05) is 30.3 Å². The third-order valence-corrected chi connectivity index (χ3v) is 6.65. The van der Waals surface area contributed by atoms with E-state index in [0.29, 0.717) is 12.0 Å². The molecule has 34 heavy (non-hydrogen) atoms. The van der Waals surface area contributed by atoms with Gasteiger partial charge in [0.05, 0.1) is 13.2 Å². The van der Waals surface area contributed by atoms with E-state index in [1.807, 2.05) is 13.1 Å². The first-order valence-electron chi connectivity index (χ1n) is 12.3. The molecule has 2 aromatic carbocycles. The number of ether oxygens (including phenoxy) is 1. The van der Waals surface area contributed by atoms with Crippen LogP contribution in [-0.2, 0) is 11.3 Å². The van der Waals surface area contributed by atoms with E-state index in [4.69, 9.17) is 9.72 Å². The Labute approximate surface area is 202 Å². The molecule has 2 fully saturated rings. The largest absolute Gasteiger partial charge is 0.378 e. The minimum atomic E-state index is 0.399. The minimum Gasteiger partial charge on any atom is -0.378 e. The number of morpholine rings is 1. The van der Waals surface area contributed by atoms with Crippen molar-refractivity contribution in [2.45, 2.75) is 32.4 Å². The van der Waals surface area contributed by atoms with Gasteiger partial charge in [-0.15, -0.1) is 0 Å². The Hall–Kier alpha value is -3.16. The van der Waals surface area contributed by atoms with E-state index in [9.17, 15) is 0 Å². The maximum atomic E-state index is 5.46. The fraction of sp³-hybridized carbons (Fsp3) is 0.407. The number of rotatable bonds is 7. The van der Waals surface area contributed by atoms with Gasteiger partial charge in [0.15, 0.2) is 0 Å². The topological polar surface area (TPSA) is 65.6 Å². The van der Waals surface area contributed by atoms with Crippen molar-refractivity contribution in [3.05, 3.63) is 71.9 Å². The normalized spacial score (nSPS) is 17.5. The van der Waals surface area contributed by atoms with Crippen molar-refractivity contribution in [3.63, 3.8) is 0 Å². The summed E-state index contributed by atoms with van der Waals surface area (Å²) >= 11 is 0. The van der Waals surface area contributed by atoms with Gasteiger partial charge >= 0.3 is 0 Å². The highest BCUT2D eigenvalue weighted by molar-refractivity contribution is 5.63. The molecule has 0 bridgehead atoms. The number of piperidine rings is 1. The molecule has 5 rings (SSSR count). The Morgan fingerprint density at radius 1 is 0.941 bits per heavy atom. The summed E-state index contributed by atoms with van der Waals surface area (Å²) in [5, 5.41) is 7.04. The van der Waals surface area contributed by atoms with Crippen molar-refractivity contribution in [2.75, 3.05) is 54.9 Å². The van der Waals surface area contributed by atoms with Crippen LogP contribution in [0.1, 0.15) is 24.0 Å². The molecule has 178 valence electrons. The summed E-state index contributed by atoms with van der Waals surface area (Å²) in [7, 11) is 0. The van der Waals surface area contributed by atoms with Crippen LogP contribution in [0.4, 0.5) is 23.1 Å². The van der Waals surface area contributed by atoms with Crippen LogP contribution in [0.15, 0.2) is 60.8 Å². The first-order valence-corrected chi connectivity index (χ1v) is 12.3. The summed E-state index contributed by atoms with van der Waals surface area (Å²) in [6, 6.07) is 19.7. The summed E-state index contributed by atoms with van der Waals surface area (Å²) in [6.07, 6.45) is 4.08. The second-order valence-electron chi connectivity index (χ2n) is 9.18. The average Bonchev–Trinajstić information content (AvgIpc) is 2.89. The minimum absolute atomic E-state index is 0.399. The molecule has 7 nitrogen and oxygen atoms in total. The molecule has 0 radical (unpaired) electrons. The highest BCUT2D eigenvalue weighted by Gasteiger charge is 2.20. The molecule has 3 heterocycles. The standard InChI is InChI=1S/C27H34N6O/c1-21-19-28-27(30-24-11-13-32(14-12-24)20-22-5-3-2-4-6-22)31-26(21)29-23-7-9-25(10-8-23)33-15-17-34-18-16-33/h2-10,19,24H,11-18,20H2,1H3,(H2,28,29,30,31). The number of likely N-dealkylation sites (tertiary alicyclic amines) is 1. The highest BCUT2D eigenvalue weighted by Crippen LogP contribution is 2.24. The lowest BCUT2D eigenvalue weighted by molar-refractivity contribution is 0.122. The van der Waals surface area contributed by atoms with Crippen molar-refractivity contribution in [2.24, 2.45) is 0 Å². The van der Waals surface area contributed by atoms with Gasteiger partial charge in [-0.25, -0.2) is 4.98 Å². The smallest absolute Gasteiger partial charge is 0.224 e. The third-order valence-electron chi connectivity index (χ3n) is 6.65. The van der Waals surface area contributed by atoms with Gasteiger partial charge in [0.25, 0.3) is 0 Å². The second kappa shape index (κ2) is 10.8. The Morgan fingerprint density at radius 3 is 2.41 bits per heavy atom. The molecule has 7 heteroatoms. The number of benzene rings is 2. The van der Waals surface area contributed by atoms with Crippen LogP contribution < -0.4 is 15.5 Å². The average molecular weight is 459 g/mol. The molecule has 0 saturated carbocycles. The molecular formula is C27H34N6O. The number of aryl methyl sites for hydroxylation is 1. The number of nitrogens with zero attached hydrogens (tertiary/aromatic N) is 4. The SMILES string of the molecule is Cc1cnc(NC2CCN(Cc3ccccc3)CC2)nc1Nc1ccc(N2CCOCC2)cc1. The van der Waals surface area contributed by atoms with Gasteiger partial charge in [0, 0.05) is 61.9 Å². The van der Waals surface area contributed by atoms with Crippen molar-refractivity contribution in [1.82, 2.24) is 14.9 Å². The Morgan fingerprint density at radius 2 is 1.68 bits per heavy atom. The molecule has 2 saturated heterocycles. The Balaban J connectivity index is 1.16. The molecule has 2 aliphatic rings. The molecular weight excluding hydrogens is 424 g/mol. The number of aromatic nitrogens is 2. The fourth-order valence-corrected chi connectivity index (χ4v) is 4.61. The molecule has 3 aromatic rings. The summed E-state index contributed by atoms with van der Waals surface area (Å²) in [5.74, 6) is 1.54. The maximum absolute atomic E-state index is 5.46. The predicted octanol–water partition coefficient (Wildman–Crippen LogP) is 4.44. The van der Waals surface area contributed by atoms with Gasteiger partial charge in [-0.3, -0.25) is 4.90 Å². The van der Waals surface area contributed by atoms with Crippen molar-refractivity contribution in [3.8, 4) is 0 Å². The van der Waals surface area contributed by atoms with Crippen LogP contribution >= 0.6 is 0 Å². The monoisotopic (exact) mass is 458 g/mol. The van der Waals surface area contributed by atoms with E-state index in [-0.39, 0.29) is 0 Å². The molecule has 1 aromatic heterocycles. The lowest BCUT2D eigenvalue weighted by Gasteiger charge is -2.32. The molecule has 0 atom stereocenters. The Bertz CT molecular complexity index is 1040. The predicted molar refractivity (Wildman–Crippen MR) is 138 cm³/mol. The zero-order valence-electron chi connectivity index (χ0n) is 19.9. The van der Waals surface area contributed by atoms with E-state index >= 15 is 0 Å². The quantitative estimate of drug-likeness (QED) is 0.543. The fourth-order valence-electron chi connectivity index (χ4n) is 4.61. The first-order chi connectivity index (χ1) is 16.7. The van der Waals surface area contributed by atoms with Crippen LogP contribution in [0.2, 0.25) is 0 Å². The first kappa shape index (κ1) is 22.6. The van der Waals surface area contributed by atoms with Gasteiger partial charge in [0.1, 0.15) is 5.82 Å². The zero-order chi connectivity index (χ0) is 23.2. The maximum Gasteiger partial charge on any atom is 0.224 e. The molecule has 0 unspecified atom stereocenters. The van der Waals surface area contributed by atoms with Gasteiger partial charge < -0.3 is 20.3 Å². The van der Waals surface area contributed by atoms with E-state index in [0.717, 1.165) is 75.8 Å². The van der Waals surface area contributed by atoms with Gasteiger partial charge in [-0.2, -0.15) is 4.98 Å². The van der Waals surface area contributed by atoms with Crippen LogP contribution in [0, 0.1) is 6.92 Å². The number of anilines is 4. The molecule has 0 amide bonds. The zero-order valence-corrected chi connectivity index (χ0v) is 19.9. The van der Waals surface area contributed by atoms with Crippen molar-refractivity contribution < 1.29 is 4.74 Å². The molecule has 0 spiro atoms. The highest BCUT2D eigenvalue weighted by atomic mass is 16.5. The Kier molecular flexibility index (Phi) is 7.22. The number of hydrogen-bond donors (Lipinski definition) is 2. The van der Waals surface area contributed by atoms with Gasteiger partial charge in [0.2, 0.25) is 5.95 Å².